The summed E-state index contributed by atoms with van der Waals surface area (Å²) in [6.45, 7) is 2.29. The average molecular weight is 345 g/mol. The summed E-state index contributed by atoms with van der Waals surface area (Å²) < 4.78 is 16.3. The molecule has 0 atom stereocenters. The Morgan fingerprint density at radius 1 is 1.24 bits per heavy atom. The minimum absolute atomic E-state index is 0.240. The third-order valence-electron chi connectivity index (χ3n) is 4.45. The van der Waals surface area contributed by atoms with Crippen LogP contribution in [0.3, 0.4) is 0 Å². The quantitative estimate of drug-likeness (QED) is 0.773. The molecule has 1 aliphatic heterocycles. The molecule has 0 radical (unpaired) electrons. The molecule has 1 saturated heterocycles. The molecular formula is C19H23NO5. The van der Waals surface area contributed by atoms with E-state index < -0.39 is 11.8 Å². The lowest BCUT2D eigenvalue weighted by Crippen LogP contribution is -2.47. The molecule has 25 heavy (non-hydrogen) atoms. The maximum absolute atomic E-state index is 11.0. The van der Waals surface area contributed by atoms with Crippen molar-refractivity contribution in [3.05, 3.63) is 42.3 Å². The van der Waals surface area contributed by atoms with E-state index in [9.17, 15) is 4.79 Å². The van der Waals surface area contributed by atoms with E-state index in [0.29, 0.717) is 19.1 Å². The van der Waals surface area contributed by atoms with Gasteiger partial charge in [0, 0.05) is 18.4 Å². The first-order chi connectivity index (χ1) is 12.1. The van der Waals surface area contributed by atoms with Gasteiger partial charge < -0.3 is 19.0 Å². The molecule has 6 nitrogen and oxygen atoms in total. The normalized spacial score (nSPS) is 23.5. The lowest BCUT2D eigenvalue weighted by Gasteiger charge is -2.34. The van der Waals surface area contributed by atoms with E-state index in [0.717, 1.165) is 36.9 Å². The number of hydrogen-bond donors (Lipinski definition) is 1. The maximum Gasteiger partial charge on any atom is 0.364 e. The summed E-state index contributed by atoms with van der Waals surface area (Å²) in [5.41, 5.74) is 1.93. The number of carboxylic acids is 1. The van der Waals surface area contributed by atoms with Crippen LogP contribution in [-0.2, 0) is 20.7 Å². The zero-order valence-electron chi connectivity index (χ0n) is 14.3. The van der Waals surface area contributed by atoms with E-state index in [4.69, 9.17) is 19.0 Å². The fraction of sp³-hybridized carbons (Fsp3) is 0.474. The van der Waals surface area contributed by atoms with Crippen molar-refractivity contribution in [2.24, 2.45) is 5.92 Å². The largest absolute Gasteiger partial charge is 0.477 e. The first kappa shape index (κ1) is 17.6. The van der Waals surface area contributed by atoms with Crippen LogP contribution in [0.25, 0.3) is 11.5 Å². The van der Waals surface area contributed by atoms with Crippen molar-refractivity contribution in [2.45, 2.75) is 38.4 Å². The van der Waals surface area contributed by atoms with E-state index in [1.807, 2.05) is 30.3 Å². The Bertz CT molecular complexity index is 689. The standard InChI is InChI=1S/C19H23NO5/c1-19(18(21)22)24-11-14(12-25-19)7-5-6-10-16-13-23-17(20-16)15-8-3-2-4-9-15/h2-4,8-9,13-14H,5-7,10-12H2,1H3,(H,21,22)/t14-,19+. The van der Waals surface area contributed by atoms with Gasteiger partial charge in [-0.15, -0.1) is 0 Å². The molecule has 1 fully saturated rings. The van der Waals surface area contributed by atoms with Crippen molar-refractivity contribution in [2.75, 3.05) is 13.2 Å². The molecule has 0 bridgehead atoms. The van der Waals surface area contributed by atoms with Gasteiger partial charge in [-0.05, 0) is 31.4 Å². The van der Waals surface area contributed by atoms with Crippen LogP contribution in [-0.4, -0.2) is 35.1 Å². The van der Waals surface area contributed by atoms with Crippen LogP contribution in [0.2, 0.25) is 0 Å². The highest BCUT2D eigenvalue weighted by Gasteiger charge is 2.40. The van der Waals surface area contributed by atoms with E-state index >= 15 is 0 Å². The summed E-state index contributed by atoms with van der Waals surface area (Å²) in [5.74, 6) is -1.68. The summed E-state index contributed by atoms with van der Waals surface area (Å²) in [6.07, 6.45) is 5.52. The van der Waals surface area contributed by atoms with Gasteiger partial charge >= 0.3 is 5.97 Å². The molecule has 134 valence electrons. The SMILES string of the molecule is C[C@]1(C(=O)O)OC[C@@H](CCCCc2coc(-c3ccccc3)n2)CO1. The molecule has 1 aromatic heterocycles. The van der Waals surface area contributed by atoms with Crippen LogP contribution < -0.4 is 0 Å². The Balaban J connectivity index is 1.38. The van der Waals surface area contributed by atoms with Crippen LogP contribution in [0, 0.1) is 5.92 Å². The number of nitrogens with zero attached hydrogens (tertiary/aromatic N) is 1. The number of ether oxygens (including phenoxy) is 2. The molecular weight excluding hydrogens is 322 g/mol. The number of oxazole rings is 1. The van der Waals surface area contributed by atoms with E-state index in [1.54, 1.807) is 6.26 Å². The zero-order valence-corrected chi connectivity index (χ0v) is 14.3. The van der Waals surface area contributed by atoms with Crippen molar-refractivity contribution in [1.29, 1.82) is 0 Å². The number of carbonyl (C=O) groups is 1. The zero-order chi connectivity index (χ0) is 17.7. The minimum Gasteiger partial charge on any atom is -0.477 e. The second kappa shape index (κ2) is 7.80. The number of aliphatic carboxylic acids is 1. The van der Waals surface area contributed by atoms with Crippen molar-refractivity contribution in [3.63, 3.8) is 0 Å². The topological polar surface area (TPSA) is 81.8 Å². The van der Waals surface area contributed by atoms with Crippen LogP contribution >= 0.6 is 0 Å². The summed E-state index contributed by atoms with van der Waals surface area (Å²) >= 11 is 0. The van der Waals surface area contributed by atoms with Crippen LogP contribution in [0.1, 0.15) is 31.9 Å². The fourth-order valence-corrected chi connectivity index (χ4v) is 2.81. The molecule has 0 saturated carbocycles. The highest BCUT2D eigenvalue weighted by molar-refractivity contribution is 5.75. The molecule has 0 amide bonds. The first-order valence-corrected chi connectivity index (χ1v) is 8.58. The van der Waals surface area contributed by atoms with Crippen LogP contribution in [0.5, 0.6) is 0 Å². The fourth-order valence-electron chi connectivity index (χ4n) is 2.81. The third-order valence-corrected chi connectivity index (χ3v) is 4.45. The number of hydrogen-bond acceptors (Lipinski definition) is 5. The number of carboxylic acid groups (broad SMARTS) is 1. The molecule has 0 aliphatic carbocycles. The Morgan fingerprint density at radius 2 is 1.96 bits per heavy atom. The highest BCUT2D eigenvalue weighted by Crippen LogP contribution is 2.25. The van der Waals surface area contributed by atoms with Crippen LogP contribution in [0.15, 0.2) is 41.0 Å². The summed E-state index contributed by atoms with van der Waals surface area (Å²) in [7, 11) is 0. The molecule has 2 heterocycles. The van der Waals surface area contributed by atoms with Crippen LogP contribution in [0.4, 0.5) is 0 Å². The number of aryl methyl sites for hydroxylation is 1. The van der Waals surface area contributed by atoms with Crippen molar-refractivity contribution in [1.82, 2.24) is 4.98 Å². The number of benzene rings is 1. The lowest BCUT2D eigenvalue weighted by molar-refractivity contribution is -0.271. The van der Waals surface area contributed by atoms with Gasteiger partial charge in [0.1, 0.15) is 6.26 Å². The average Bonchev–Trinajstić information content (AvgIpc) is 3.10. The molecule has 2 aromatic rings. The Hall–Kier alpha value is -2.18. The van der Waals surface area contributed by atoms with Gasteiger partial charge in [0.2, 0.25) is 5.89 Å². The summed E-state index contributed by atoms with van der Waals surface area (Å²) in [4.78, 5) is 15.6. The number of unbranched alkanes of at least 4 members (excludes halogenated alkanes) is 1. The van der Waals surface area contributed by atoms with E-state index in [1.165, 1.54) is 6.92 Å². The minimum atomic E-state index is -1.49. The predicted molar refractivity (Wildman–Crippen MR) is 90.9 cm³/mol. The Kier molecular flexibility index (Phi) is 5.50. The Labute approximate surface area is 146 Å². The van der Waals surface area contributed by atoms with Gasteiger partial charge in [-0.1, -0.05) is 24.6 Å². The number of rotatable bonds is 7. The molecule has 1 aromatic carbocycles. The van der Waals surface area contributed by atoms with Gasteiger partial charge in [0.05, 0.1) is 18.9 Å². The maximum atomic E-state index is 11.0. The highest BCUT2D eigenvalue weighted by atomic mass is 16.7. The monoisotopic (exact) mass is 345 g/mol. The second-order valence-electron chi connectivity index (χ2n) is 6.49. The van der Waals surface area contributed by atoms with Crippen molar-refractivity contribution in [3.8, 4) is 11.5 Å². The predicted octanol–water partition coefficient (Wildman–Crippen LogP) is 3.52. The summed E-state index contributed by atoms with van der Waals surface area (Å²) in [5, 5.41) is 9.04. The first-order valence-electron chi connectivity index (χ1n) is 8.58. The third kappa shape index (κ3) is 4.46. The second-order valence-corrected chi connectivity index (χ2v) is 6.49. The van der Waals surface area contributed by atoms with E-state index in [2.05, 4.69) is 4.98 Å². The van der Waals surface area contributed by atoms with Gasteiger partial charge in [-0.25, -0.2) is 9.78 Å². The Morgan fingerprint density at radius 3 is 2.64 bits per heavy atom. The molecule has 0 unspecified atom stereocenters. The lowest BCUT2D eigenvalue weighted by atomic mass is 10.0. The molecule has 1 N–H and O–H groups in total. The van der Waals surface area contributed by atoms with Crippen molar-refractivity contribution >= 4 is 5.97 Å². The van der Waals surface area contributed by atoms with Gasteiger partial charge in [-0.3, -0.25) is 0 Å². The molecule has 0 spiro atoms. The van der Waals surface area contributed by atoms with Gasteiger partial charge in [-0.2, -0.15) is 0 Å². The van der Waals surface area contributed by atoms with E-state index in [-0.39, 0.29) is 5.92 Å². The smallest absolute Gasteiger partial charge is 0.364 e. The summed E-state index contributed by atoms with van der Waals surface area (Å²) in [6, 6.07) is 9.84. The molecule has 3 rings (SSSR count). The number of aromatic nitrogens is 1. The van der Waals surface area contributed by atoms with Gasteiger partial charge in [0.15, 0.2) is 0 Å². The van der Waals surface area contributed by atoms with Crippen molar-refractivity contribution < 1.29 is 23.8 Å². The molecule has 1 aliphatic rings. The molecule has 6 heteroatoms. The van der Waals surface area contributed by atoms with Gasteiger partial charge in [0.25, 0.3) is 5.79 Å².